The summed E-state index contributed by atoms with van der Waals surface area (Å²) in [7, 11) is 2.16. The summed E-state index contributed by atoms with van der Waals surface area (Å²) in [6.45, 7) is 12.3. The molecule has 1 saturated heterocycles. The van der Waals surface area contributed by atoms with Crippen molar-refractivity contribution >= 4 is 6.03 Å². The Morgan fingerprint density at radius 1 is 0.968 bits per heavy atom. The molecule has 2 aromatic carbocycles. The lowest BCUT2D eigenvalue weighted by Crippen LogP contribution is -2.49. The van der Waals surface area contributed by atoms with Gasteiger partial charge < -0.3 is 15.5 Å². The minimum absolute atomic E-state index is 0.0179. The number of benzene rings is 2. The summed E-state index contributed by atoms with van der Waals surface area (Å²) in [4.78, 5) is 17.4. The van der Waals surface area contributed by atoms with Crippen LogP contribution in [-0.4, -0.2) is 62.1 Å². The van der Waals surface area contributed by atoms with Crippen LogP contribution in [0.2, 0.25) is 0 Å². The molecule has 0 aromatic heterocycles. The van der Waals surface area contributed by atoms with Gasteiger partial charge in [-0.2, -0.15) is 0 Å². The molecule has 1 atom stereocenters. The first-order valence-corrected chi connectivity index (χ1v) is 11.4. The maximum absolute atomic E-state index is 12.6. The number of likely N-dealkylation sites (N-methyl/N-ethyl adjacent to an activating group) is 1. The third-order valence-corrected chi connectivity index (χ3v) is 6.06. The van der Waals surface area contributed by atoms with Crippen LogP contribution in [0, 0.1) is 0 Å². The Morgan fingerprint density at radius 2 is 1.61 bits per heavy atom. The van der Waals surface area contributed by atoms with Crippen LogP contribution in [0.25, 0.3) is 0 Å². The molecule has 0 radical (unpaired) electrons. The fourth-order valence-corrected chi connectivity index (χ4v) is 3.91. The van der Waals surface area contributed by atoms with Gasteiger partial charge in [0.15, 0.2) is 0 Å². The zero-order chi connectivity index (χ0) is 22.3. The molecular formula is C26H38N4O. The maximum Gasteiger partial charge on any atom is 0.315 e. The molecule has 2 aromatic rings. The monoisotopic (exact) mass is 422 g/mol. The van der Waals surface area contributed by atoms with Gasteiger partial charge >= 0.3 is 6.03 Å². The first-order chi connectivity index (χ1) is 14.8. The number of nitrogens with zero attached hydrogens (tertiary/aromatic N) is 2. The molecule has 5 nitrogen and oxygen atoms in total. The molecule has 168 valence electrons. The highest BCUT2D eigenvalue weighted by molar-refractivity contribution is 5.74. The number of nitrogens with one attached hydrogen (secondary N) is 2. The molecule has 1 aliphatic rings. The topological polar surface area (TPSA) is 47.6 Å². The van der Waals surface area contributed by atoms with Crippen LogP contribution in [0.5, 0.6) is 0 Å². The second kappa shape index (κ2) is 10.8. The van der Waals surface area contributed by atoms with Crippen LogP contribution >= 0.6 is 0 Å². The highest BCUT2D eigenvalue weighted by Gasteiger charge is 2.21. The van der Waals surface area contributed by atoms with E-state index < -0.39 is 0 Å². The van der Waals surface area contributed by atoms with E-state index in [1.807, 2.05) is 18.2 Å². The second-order valence-electron chi connectivity index (χ2n) is 9.66. The van der Waals surface area contributed by atoms with Gasteiger partial charge in [0.25, 0.3) is 0 Å². The first-order valence-electron chi connectivity index (χ1n) is 11.4. The van der Waals surface area contributed by atoms with E-state index in [1.165, 1.54) is 11.1 Å². The summed E-state index contributed by atoms with van der Waals surface area (Å²) in [5.41, 5.74) is 3.88. The second-order valence-corrected chi connectivity index (χ2v) is 9.66. The lowest BCUT2D eigenvalue weighted by molar-refractivity contribution is 0.142. The summed E-state index contributed by atoms with van der Waals surface area (Å²) < 4.78 is 0. The molecule has 1 fully saturated rings. The SMILES string of the molecule is CN1CCN(CC(NC(=O)NCCc2ccc(C(C)(C)C)cc2)c2ccccc2)CC1. The molecule has 2 amide bonds. The van der Waals surface area contributed by atoms with Gasteiger partial charge in [-0.3, -0.25) is 4.90 Å². The van der Waals surface area contributed by atoms with Crippen LogP contribution in [0.4, 0.5) is 4.79 Å². The molecule has 0 saturated carbocycles. The first kappa shape index (κ1) is 23.3. The molecule has 2 N–H and O–H groups in total. The van der Waals surface area contributed by atoms with Crippen LogP contribution in [0.1, 0.15) is 43.5 Å². The standard InChI is InChI=1S/C26H38N4O/c1-26(2,3)23-12-10-21(11-13-23)14-15-27-25(31)28-24(22-8-6-5-7-9-22)20-30-18-16-29(4)17-19-30/h5-13,24H,14-20H2,1-4H3,(H2,27,28,31). The van der Waals surface area contributed by atoms with E-state index in [0.717, 1.165) is 44.7 Å². The quantitative estimate of drug-likeness (QED) is 0.713. The van der Waals surface area contributed by atoms with Crippen molar-refractivity contribution in [2.75, 3.05) is 46.3 Å². The summed E-state index contributed by atoms with van der Waals surface area (Å²) in [6, 6.07) is 18.9. The van der Waals surface area contributed by atoms with E-state index in [9.17, 15) is 4.79 Å². The molecule has 31 heavy (non-hydrogen) atoms. The number of rotatable bonds is 7. The molecule has 1 unspecified atom stereocenters. The predicted molar refractivity (Wildman–Crippen MR) is 129 cm³/mol. The fraction of sp³-hybridized carbons (Fsp3) is 0.500. The van der Waals surface area contributed by atoms with Crippen LogP contribution in [0.15, 0.2) is 54.6 Å². The van der Waals surface area contributed by atoms with E-state index in [4.69, 9.17) is 0 Å². The molecular weight excluding hydrogens is 384 g/mol. The van der Waals surface area contributed by atoms with Gasteiger partial charge in [-0.15, -0.1) is 0 Å². The summed E-state index contributed by atoms with van der Waals surface area (Å²) in [6.07, 6.45) is 0.826. The number of carbonyl (C=O) groups is 1. The third kappa shape index (κ3) is 7.37. The smallest absolute Gasteiger partial charge is 0.315 e. The van der Waals surface area contributed by atoms with Gasteiger partial charge in [0.2, 0.25) is 0 Å². The molecule has 0 aliphatic carbocycles. The molecule has 0 bridgehead atoms. The Labute approximate surface area is 187 Å². The van der Waals surface area contributed by atoms with Gasteiger partial charge in [0.1, 0.15) is 0 Å². The van der Waals surface area contributed by atoms with Crippen LogP contribution in [-0.2, 0) is 11.8 Å². The minimum atomic E-state index is -0.103. The van der Waals surface area contributed by atoms with E-state index in [0.29, 0.717) is 6.54 Å². The van der Waals surface area contributed by atoms with E-state index >= 15 is 0 Å². The number of piperazine rings is 1. The minimum Gasteiger partial charge on any atom is -0.338 e. The molecule has 0 spiro atoms. The Hall–Kier alpha value is -2.37. The van der Waals surface area contributed by atoms with Crippen molar-refractivity contribution in [3.05, 3.63) is 71.3 Å². The zero-order valence-electron chi connectivity index (χ0n) is 19.5. The third-order valence-electron chi connectivity index (χ3n) is 6.06. The van der Waals surface area contributed by atoms with Crippen molar-refractivity contribution in [3.63, 3.8) is 0 Å². The predicted octanol–water partition coefficient (Wildman–Crippen LogP) is 3.81. The average molecular weight is 423 g/mol. The molecule has 5 heteroatoms. The van der Waals surface area contributed by atoms with Crippen molar-refractivity contribution < 1.29 is 4.79 Å². The lowest BCUT2D eigenvalue weighted by atomic mass is 9.86. The number of amides is 2. The van der Waals surface area contributed by atoms with E-state index in [1.54, 1.807) is 0 Å². The molecule has 1 aliphatic heterocycles. The molecule has 3 rings (SSSR count). The van der Waals surface area contributed by atoms with Crippen molar-refractivity contribution in [1.29, 1.82) is 0 Å². The fourth-order valence-electron chi connectivity index (χ4n) is 3.91. The van der Waals surface area contributed by atoms with E-state index in [2.05, 4.69) is 84.7 Å². The van der Waals surface area contributed by atoms with Crippen molar-refractivity contribution in [2.45, 2.75) is 38.6 Å². The highest BCUT2D eigenvalue weighted by Crippen LogP contribution is 2.22. The number of urea groups is 1. The summed E-state index contributed by atoms with van der Waals surface area (Å²) in [5, 5.41) is 6.25. The summed E-state index contributed by atoms with van der Waals surface area (Å²) in [5.74, 6) is 0. The number of carbonyl (C=O) groups excluding carboxylic acids is 1. The Morgan fingerprint density at radius 3 is 2.23 bits per heavy atom. The Balaban J connectivity index is 1.51. The van der Waals surface area contributed by atoms with Gasteiger partial charge in [-0.05, 0) is 35.6 Å². The van der Waals surface area contributed by atoms with Gasteiger partial charge in [-0.25, -0.2) is 4.79 Å². The van der Waals surface area contributed by atoms with Gasteiger partial charge in [0.05, 0.1) is 6.04 Å². The largest absolute Gasteiger partial charge is 0.338 e. The molecule has 1 heterocycles. The van der Waals surface area contributed by atoms with Crippen LogP contribution < -0.4 is 10.6 Å². The van der Waals surface area contributed by atoms with E-state index in [-0.39, 0.29) is 17.5 Å². The maximum atomic E-state index is 12.6. The number of hydrogen-bond donors (Lipinski definition) is 2. The number of hydrogen-bond acceptors (Lipinski definition) is 3. The van der Waals surface area contributed by atoms with Crippen LogP contribution in [0.3, 0.4) is 0 Å². The van der Waals surface area contributed by atoms with Crippen molar-refractivity contribution in [1.82, 2.24) is 20.4 Å². The van der Waals surface area contributed by atoms with Gasteiger partial charge in [0, 0.05) is 39.3 Å². The van der Waals surface area contributed by atoms with Crippen molar-refractivity contribution in [3.8, 4) is 0 Å². The van der Waals surface area contributed by atoms with Gasteiger partial charge in [-0.1, -0.05) is 75.4 Å². The van der Waals surface area contributed by atoms with Crippen molar-refractivity contribution in [2.24, 2.45) is 0 Å². The zero-order valence-corrected chi connectivity index (χ0v) is 19.5. The lowest BCUT2D eigenvalue weighted by Gasteiger charge is -2.35. The Bertz CT molecular complexity index is 806. The average Bonchev–Trinajstić information content (AvgIpc) is 2.75. The highest BCUT2D eigenvalue weighted by atomic mass is 16.2. The normalized spacial score (nSPS) is 16.6. The Kier molecular flexibility index (Phi) is 8.10. The summed E-state index contributed by atoms with van der Waals surface area (Å²) >= 11 is 0.